The van der Waals surface area contributed by atoms with Crippen LogP contribution in [0.3, 0.4) is 0 Å². The molecule has 0 aliphatic heterocycles. The van der Waals surface area contributed by atoms with Crippen LogP contribution in [0.1, 0.15) is 34.6 Å². The third kappa shape index (κ3) is 1.86. The number of carbonyl (C=O) groups excluding carboxylic acids is 1. The fourth-order valence-corrected chi connectivity index (χ4v) is 2.33. The van der Waals surface area contributed by atoms with E-state index in [0.717, 1.165) is 29.8 Å². The number of ketones is 1. The zero-order chi connectivity index (χ0) is 11.7. The van der Waals surface area contributed by atoms with E-state index in [-0.39, 0.29) is 5.78 Å². The van der Waals surface area contributed by atoms with E-state index in [1.165, 1.54) is 0 Å². The minimum Gasteiger partial charge on any atom is -0.345 e. The minimum atomic E-state index is 0.268. The Kier molecular flexibility index (Phi) is 2.48. The van der Waals surface area contributed by atoms with E-state index >= 15 is 0 Å². The summed E-state index contributed by atoms with van der Waals surface area (Å²) in [5.41, 5.74) is 2.95. The van der Waals surface area contributed by atoms with Crippen molar-refractivity contribution in [1.82, 2.24) is 14.8 Å². The van der Waals surface area contributed by atoms with E-state index in [1.807, 2.05) is 24.4 Å². The summed E-state index contributed by atoms with van der Waals surface area (Å²) in [7, 11) is 0. The first-order chi connectivity index (χ1) is 8.34. The highest BCUT2D eigenvalue weighted by atomic mass is 16.1. The van der Waals surface area contributed by atoms with Gasteiger partial charge in [-0.2, -0.15) is 10.2 Å². The predicted molar refractivity (Wildman–Crippen MR) is 62.8 cm³/mol. The highest BCUT2D eigenvalue weighted by Gasteiger charge is 2.20. The van der Waals surface area contributed by atoms with E-state index in [9.17, 15) is 4.79 Å². The Morgan fingerprint density at radius 1 is 1.29 bits per heavy atom. The number of fused-ring (bicyclic) bond motifs is 1. The number of carbonyl (C=O) groups is 1. The fourth-order valence-electron chi connectivity index (χ4n) is 2.33. The maximum atomic E-state index is 11.7. The van der Waals surface area contributed by atoms with Crippen LogP contribution in [-0.2, 0) is 13.0 Å². The lowest BCUT2D eigenvalue weighted by atomic mass is 9.97. The highest BCUT2D eigenvalue weighted by Crippen LogP contribution is 2.22. The molecule has 0 aromatic carbocycles. The van der Waals surface area contributed by atoms with Crippen LogP contribution >= 0.6 is 0 Å². The van der Waals surface area contributed by atoms with Gasteiger partial charge in [0.1, 0.15) is 0 Å². The molecule has 0 spiro atoms. The van der Waals surface area contributed by atoms with Crippen LogP contribution in [0.4, 0.5) is 0 Å². The zero-order valence-corrected chi connectivity index (χ0v) is 9.47. The van der Waals surface area contributed by atoms with Gasteiger partial charge < -0.3 is 4.57 Å². The molecule has 0 saturated carbocycles. The van der Waals surface area contributed by atoms with Gasteiger partial charge in [0.2, 0.25) is 0 Å². The number of aromatic nitrogens is 3. The molecule has 0 N–H and O–H groups in total. The molecule has 0 unspecified atom stereocenters. The molecule has 0 radical (unpaired) electrons. The van der Waals surface area contributed by atoms with E-state index in [1.54, 1.807) is 6.20 Å². The van der Waals surface area contributed by atoms with Crippen molar-refractivity contribution < 1.29 is 4.79 Å². The first-order valence-electron chi connectivity index (χ1n) is 5.82. The standard InChI is InChI=1S/C13H13N3O/c17-13-5-1-4-12-11(13)6-8-16(12)9-10-3-2-7-14-15-10/h2-3,6-8H,1,4-5,9H2. The molecular weight excluding hydrogens is 214 g/mol. The molecule has 4 heteroatoms. The zero-order valence-electron chi connectivity index (χ0n) is 9.47. The molecule has 2 aromatic rings. The van der Waals surface area contributed by atoms with Gasteiger partial charge in [-0.1, -0.05) is 0 Å². The molecule has 2 aromatic heterocycles. The van der Waals surface area contributed by atoms with E-state index in [2.05, 4.69) is 14.8 Å². The Labute approximate surface area is 99.3 Å². The second-order valence-electron chi connectivity index (χ2n) is 4.30. The van der Waals surface area contributed by atoms with Gasteiger partial charge in [-0.05, 0) is 31.0 Å². The molecule has 0 amide bonds. The maximum Gasteiger partial charge on any atom is 0.164 e. The smallest absolute Gasteiger partial charge is 0.164 e. The molecule has 4 nitrogen and oxygen atoms in total. The van der Waals surface area contributed by atoms with Crippen LogP contribution in [0.15, 0.2) is 30.6 Å². The third-order valence-corrected chi connectivity index (χ3v) is 3.16. The average Bonchev–Trinajstić information content (AvgIpc) is 2.76. The topological polar surface area (TPSA) is 47.8 Å². The van der Waals surface area contributed by atoms with Crippen LogP contribution in [-0.4, -0.2) is 20.5 Å². The summed E-state index contributed by atoms with van der Waals surface area (Å²) >= 11 is 0. The van der Waals surface area contributed by atoms with Gasteiger partial charge in [-0.15, -0.1) is 0 Å². The van der Waals surface area contributed by atoms with Gasteiger partial charge in [-0.25, -0.2) is 0 Å². The normalized spacial score (nSPS) is 14.7. The maximum absolute atomic E-state index is 11.7. The van der Waals surface area contributed by atoms with Gasteiger partial charge >= 0.3 is 0 Å². The molecule has 3 rings (SSSR count). The monoisotopic (exact) mass is 227 g/mol. The van der Waals surface area contributed by atoms with Crippen molar-refractivity contribution in [2.75, 3.05) is 0 Å². The SMILES string of the molecule is O=C1CCCc2c1ccn2Cc1cccnn1. The first kappa shape index (κ1) is 10.2. The quantitative estimate of drug-likeness (QED) is 0.786. The average molecular weight is 227 g/mol. The number of hydrogen-bond acceptors (Lipinski definition) is 3. The minimum absolute atomic E-state index is 0.268. The number of Topliss-reactive ketones (excluding diaryl/α,β-unsaturated/α-hetero) is 1. The van der Waals surface area contributed by atoms with Crippen molar-refractivity contribution in [1.29, 1.82) is 0 Å². The molecule has 86 valence electrons. The second kappa shape index (κ2) is 4.13. The van der Waals surface area contributed by atoms with Crippen LogP contribution in [0.5, 0.6) is 0 Å². The Hall–Kier alpha value is -1.97. The molecule has 0 fully saturated rings. The van der Waals surface area contributed by atoms with Gasteiger partial charge in [0, 0.05) is 30.1 Å². The Morgan fingerprint density at radius 3 is 3.06 bits per heavy atom. The van der Waals surface area contributed by atoms with Crippen LogP contribution in [0.2, 0.25) is 0 Å². The third-order valence-electron chi connectivity index (χ3n) is 3.16. The van der Waals surface area contributed by atoms with E-state index < -0.39 is 0 Å². The fraction of sp³-hybridized carbons (Fsp3) is 0.308. The predicted octanol–water partition coefficient (Wildman–Crippen LogP) is 1.85. The van der Waals surface area contributed by atoms with E-state index in [0.29, 0.717) is 13.0 Å². The van der Waals surface area contributed by atoms with Gasteiger partial charge in [0.25, 0.3) is 0 Å². The van der Waals surface area contributed by atoms with Crippen molar-refractivity contribution in [3.05, 3.63) is 47.5 Å². The lowest BCUT2D eigenvalue weighted by molar-refractivity contribution is 0.0972. The second-order valence-corrected chi connectivity index (χ2v) is 4.30. The molecule has 0 saturated heterocycles. The molecule has 1 aliphatic carbocycles. The number of nitrogens with zero attached hydrogens (tertiary/aromatic N) is 3. The summed E-state index contributed by atoms with van der Waals surface area (Å²) in [5.74, 6) is 0.268. The Bertz CT molecular complexity index is 545. The lowest BCUT2D eigenvalue weighted by Gasteiger charge is -2.14. The Balaban J connectivity index is 1.92. The summed E-state index contributed by atoms with van der Waals surface area (Å²) in [5, 5.41) is 7.93. The molecule has 2 heterocycles. The number of rotatable bonds is 2. The van der Waals surface area contributed by atoms with E-state index in [4.69, 9.17) is 0 Å². The summed E-state index contributed by atoms with van der Waals surface area (Å²) < 4.78 is 2.11. The molecule has 0 atom stereocenters. The summed E-state index contributed by atoms with van der Waals surface area (Å²) in [6.07, 6.45) is 6.26. The van der Waals surface area contributed by atoms with Crippen molar-refractivity contribution >= 4 is 5.78 Å². The summed E-state index contributed by atoms with van der Waals surface area (Å²) in [6.45, 7) is 0.691. The van der Waals surface area contributed by atoms with Crippen molar-refractivity contribution in [3.63, 3.8) is 0 Å². The molecule has 0 bridgehead atoms. The van der Waals surface area contributed by atoms with Crippen LogP contribution < -0.4 is 0 Å². The van der Waals surface area contributed by atoms with Crippen LogP contribution in [0, 0.1) is 0 Å². The van der Waals surface area contributed by atoms with Gasteiger partial charge in [0.15, 0.2) is 5.78 Å². The van der Waals surface area contributed by atoms with Gasteiger partial charge in [-0.3, -0.25) is 4.79 Å². The molecular formula is C13H13N3O. The largest absolute Gasteiger partial charge is 0.345 e. The molecule has 1 aliphatic rings. The van der Waals surface area contributed by atoms with Gasteiger partial charge in [0.05, 0.1) is 12.2 Å². The van der Waals surface area contributed by atoms with Crippen molar-refractivity contribution in [2.45, 2.75) is 25.8 Å². The number of hydrogen-bond donors (Lipinski definition) is 0. The Morgan fingerprint density at radius 2 is 2.24 bits per heavy atom. The highest BCUT2D eigenvalue weighted by molar-refractivity contribution is 5.98. The lowest BCUT2D eigenvalue weighted by Crippen LogP contribution is -2.14. The van der Waals surface area contributed by atoms with Crippen LogP contribution in [0.25, 0.3) is 0 Å². The summed E-state index contributed by atoms with van der Waals surface area (Å²) in [4.78, 5) is 11.7. The van der Waals surface area contributed by atoms with Crippen molar-refractivity contribution in [2.24, 2.45) is 0 Å². The van der Waals surface area contributed by atoms with Crippen molar-refractivity contribution in [3.8, 4) is 0 Å². The molecule has 17 heavy (non-hydrogen) atoms. The summed E-state index contributed by atoms with van der Waals surface area (Å²) in [6, 6.07) is 5.75. The first-order valence-corrected chi connectivity index (χ1v) is 5.82.